The van der Waals surface area contributed by atoms with Crippen LogP contribution in [0.15, 0.2) is 16.7 Å². The quantitative estimate of drug-likeness (QED) is 0.820. The molecule has 1 N–H and O–H groups in total. The lowest BCUT2D eigenvalue weighted by atomic mass is 10.2. The SMILES string of the molecule is c1cc(CNC2CC2)c(COC2CCOC2)o1. The predicted molar refractivity (Wildman–Crippen MR) is 62.6 cm³/mol. The predicted octanol–water partition coefficient (Wildman–Crippen LogP) is 1.84. The fourth-order valence-corrected chi connectivity index (χ4v) is 2.03. The highest BCUT2D eigenvalue weighted by atomic mass is 16.5. The molecule has 94 valence electrons. The molecule has 1 aliphatic carbocycles. The summed E-state index contributed by atoms with van der Waals surface area (Å²) in [6, 6.07) is 2.75. The van der Waals surface area contributed by atoms with Crippen LogP contribution in [0.1, 0.15) is 30.6 Å². The first kappa shape index (κ1) is 11.3. The van der Waals surface area contributed by atoms with Crippen LogP contribution in [0, 0.1) is 0 Å². The zero-order chi connectivity index (χ0) is 11.5. The summed E-state index contributed by atoms with van der Waals surface area (Å²) in [6.07, 6.45) is 5.60. The molecule has 2 aliphatic rings. The molecular weight excluding hydrogens is 218 g/mol. The summed E-state index contributed by atoms with van der Waals surface area (Å²) in [5, 5.41) is 3.49. The number of hydrogen-bond donors (Lipinski definition) is 1. The molecule has 3 rings (SSSR count). The molecule has 0 amide bonds. The smallest absolute Gasteiger partial charge is 0.133 e. The van der Waals surface area contributed by atoms with Crippen LogP contribution in [0.4, 0.5) is 0 Å². The van der Waals surface area contributed by atoms with E-state index in [1.165, 1.54) is 18.4 Å². The second-order valence-corrected chi connectivity index (χ2v) is 4.82. The fraction of sp³-hybridized carbons (Fsp3) is 0.692. The van der Waals surface area contributed by atoms with Crippen molar-refractivity contribution in [1.82, 2.24) is 5.32 Å². The molecule has 0 spiro atoms. The zero-order valence-electron chi connectivity index (χ0n) is 9.98. The van der Waals surface area contributed by atoms with E-state index in [-0.39, 0.29) is 6.10 Å². The van der Waals surface area contributed by atoms with Gasteiger partial charge in [-0.2, -0.15) is 0 Å². The van der Waals surface area contributed by atoms with Crippen LogP contribution >= 0.6 is 0 Å². The number of nitrogens with one attached hydrogen (secondary N) is 1. The van der Waals surface area contributed by atoms with Crippen molar-refractivity contribution in [2.45, 2.75) is 44.6 Å². The molecule has 1 aromatic rings. The number of furan rings is 1. The molecule has 17 heavy (non-hydrogen) atoms. The highest BCUT2D eigenvalue weighted by Gasteiger charge is 2.21. The standard InChI is InChI=1S/C13H19NO3/c1-2-11(1)14-7-10-3-6-16-13(10)9-17-12-4-5-15-8-12/h3,6,11-12,14H,1-2,4-5,7-9H2. The van der Waals surface area contributed by atoms with Crippen molar-refractivity contribution in [2.24, 2.45) is 0 Å². The molecule has 1 aliphatic heterocycles. The summed E-state index contributed by atoms with van der Waals surface area (Å²) in [5.74, 6) is 0.949. The summed E-state index contributed by atoms with van der Waals surface area (Å²) < 4.78 is 16.5. The minimum Gasteiger partial charge on any atom is -0.467 e. The van der Waals surface area contributed by atoms with E-state index in [1.54, 1.807) is 6.26 Å². The third-order valence-electron chi connectivity index (χ3n) is 3.33. The van der Waals surface area contributed by atoms with Gasteiger partial charge >= 0.3 is 0 Å². The van der Waals surface area contributed by atoms with Gasteiger partial charge < -0.3 is 19.2 Å². The van der Waals surface area contributed by atoms with E-state index in [2.05, 4.69) is 5.32 Å². The summed E-state index contributed by atoms with van der Waals surface area (Å²) in [5.41, 5.74) is 1.22. The average molecular weight is 237 g/mol. The molecule has 1 atom stereocenters. The monoisotopic (exact) mass is 237 g/mol. The highest BCUT2D eigenvalue weighted by Crippen LogP contribution is 2.21. The van der Waals surface area contributed by atoms with Crippen LogP contribution in [0.2, 0.25) is 0 Å². The van der Waals surface area contributed by atoms with Crippen molar-refractivity contribution >= 4 is 0 Å². The minimum atomic E-state index is 0.240. The topological polar surface area (TPSA) is 43.6 Å². The van der Waals surface area contributed by atoms with E-state index in [9.17, 15) is 0 Å². The van der Waals surface area contributed by atoms with Gasteiger partial charge in [-0.25, -0.2) is 0 Å². The van der Waals surface area contributed by atoms with Crippen molar-refractivity contribution in [2.75, 3.05) is 13.2 Å². The summed E-state index contributed by atoms with van der Waals surface area (Å²) in [4.78, 5) is 0. The average Bonchev–Trinajstić information content (AvgIpc) is 2.86. The van der Waals surface area contributed by atoms with Crippen LogP contribution in [-0.2, 0) is 22.6 Å². The van der Waals surface area contributed by atoms with Gasteiger partial charge in [-0.15, -0.1) is 0 Å². The third kappa shape index (κ3) is 3.09. The maximum Gasteiger partial charge on any atom is 0.133 e. The molecule has 4 nitrogen and oxygen atoms in total. The van der Waals surface area contributed by atoms with Gasteiger partial charge in [0, 0.05) is 24.8 Å². The molecule has 1 saturated carbocycles. The van der Waals surface area contributed by atoms with Crippen molar-refractivity contribution < 1.29 is 13.9 Å². The van der Waals surface area contributed by atoms with Gasteiger partial charge in [0.25, 0.3) is 0 Å². The maximum atomic E-state index is 5.76. The van der Waals surface area contributed by atoms with Gasteiger partial charge in [0.15, 0.2) is 0 Å². The number of hydrogen-bond acceptors (Lipinski definition) is 4. The Morgan fingerprint density at radius 3 is 3.06 bits per heavy atom. The Hall–Kier alpha value is -0.840. The van der Waals surface area contributed by atoms with Gasteiger partial charge in [0.1, 0.15) is 12.4 Å². The molecular formula is C13H19NO3. The molecule has 4 heteroatoms. The lowest BCUT2D eigenvalue weighted by Crippen LogP contribution is -2.17. The molecule has 1 aromatic heterocycles. The van der Waals surface area contributed by atoms with Crippen molar-refractivity contribution in [1.29, 1.82) is 0 Å². The highest BCUT2D eigenvalue weighted by molar-refractivity contribution is 5.16. The molecule has 0 radical (unpaired) electrons. The van der Waals surface area contributed by atoms with E-state index in [0.29, 0.717) is 6.61 Å². The summed E-state index contributed by atoms with van der Waals surface area (Å²) >= 11 is 0. The first-order valence-electron chi connectivity index (χ1n) is 6.40. The Labute approximate surface area is 101 Å². The van der Waals surface area contributed by atoms with Crippen LogP contribution in [0.3, 0.4) is 0 Å². The fourth-order valence-electron chi connectivity index (χ4n) is 2.03. The first-order chi connectivity index (χ1) is 8.42. The van der Waals surface area contributed by atoms with E-state index in [4.69, 9.17) is 13.9 Å². The van der Waals surface area contributed by atoms with Crippen molar-refractivity contribution in [3.8, 4) is 0 Å². The van der Waals surface area contributed by atoms with Crippen LogP contribution in [0.5, 0.6) is 0 Å². The Morgan fingerprint density at radius 1 is 1.35 bits per heavy atom. The van der Waals surface area contributed by atoms with E-state index in [0.717, 1.165) is 38.0 Å². The van der Waals surface area contributed by atoms with E-state index < -0.39 is 0 Å². The van der Waals surface area contributed by atoms with Crippen molar-refractivity contribution in [3.63, 3.8) is 0 Å². The van der Waals surface area contributed by atoms with Gasteiger partial charge in [0.05, 0.1) is 19.0 Å². The minimum absolute atomic E-state index is 0.240. The second kappa shape index (κ2) is 5.21. The lowest BCUT2D eigenvalue weighted by molar-refractivity contribution is 0.0230. The molecule has 1 unspecified atom stereocenters. The third-order valence-corrected chi connectivity index (χ3v) is 3.33. The maximum absolute atomic E-state index is 5.76. The Morgan fingerprint density at radius 2 is 2.29 bits per heavy atom. The Balaban J connectivity index is 1.48. The molecule has 1 saturated heterocycles. The Bertz CT molecular complexity index is 353. The van der Waals surface area contributed by atoms with Gasteiger partial charge in [0.2, 0.25) is 0 Å². The number of rotatable bonds is 6. The normalized spacial score (nSPS) is 24.4. The number of ether oxygens (including phenoxy) is 2. The molecule has 2 fully saturated rings. The van der Waals surface area contributed by atoms with Gasteiger partial charge in [-0.05, 0) is 25.3 Å². The zero-order valence-corrected chi connectivity index (χ0v) is 9.98. The second-order valence-electron chi connectivity index (χ2n) is 4.82. The molecule has 2 heterocycles. The van der Waals surface area contributed by atoms with Crippen LogP contribution in [-0.4, -0.2) is 25.4 Å². The van der Waals surface area contributed by atoms with Crippen LogP contribution in [0.25, 0.3) is 0 Å². The van der Waals surface area contributed by atoms with Crippen molar-refractivity contribution in [3.05, 3.63) is 23.7 Å². The summed E-state index contributed by atoms with van der Waals surface area (Å²) in [6.45, 7) is 2.99. The lowest BCUT2D eigenvalue weighted by Gasteiger charge is -2.09. The van der Waals surface area contributed by atoms with E-state index in [1.807, 2.05) is 6.07 Å². The first-order valence-corrected chi connectivity index (χ1v) is 6.40. The molecule has 0 aromatic carbocycles. The van der Waals surface area contributed by atoms with Gasteiger partial charge in [-0.3, -0.25) is 0 Å². The molecule has 0 bridgehead atoms. The van der Waals surface area contributed by atoms with Gasteiger partial charge in [-0.1, -0.05) is 0 Å². The van der Waals surface area contributed by atoms with E-state index >= 15 is 0 Å². The summed E-state index contributed by atoms with van der Waals surface area (Å²) in [7, 11) is 0. The van der Waals surface area contributed by atoms with Crippen LogP contribution < -0.4 is 5.32 Å². The largest absolute Gasteiger partial charge is 0.467 e. The Kier molecular flexibility index (Phi) is 3.45.